The summed E-state index contributed by atoms with van der Waals surface area (Å²) in [6.07, 6.45) is 6.20. The van der Waals surface area contributed by atoms with Crippen LogP contribution in [0.4, 0.5) is 0 Å². The third-order valence-corrected chi connectivity index (χ3v) is 3.54. The summed E-state index contributed by atoms with van der Waals surface area (Å²) in [5, 5.41) is 0. The van der Waals surface area contributed by atoms with Crippen LogP contribution in [0.15, 0.2) is 0 Å². The fourth-order valence-corrected chi connectivity index (χ4v) is 1.96. The summed E-state index contributed by atoms with van der Waals surface area (Å²) in [6.45, 7) is 7.93. The predicted octanol–water partition coefficient (Wildman–Crippen LogP) is 0.137. The molecule has 1 amide bonds. The number of hydrogen-bond donors (Lipinski definition) is 1. The predicted molar refractivity (Wildman–Crippen MR) is 69.3 cm³/mol. The first kappa shape index (κ1) is 14.0. The topological polar surface area (TPSA) is 49.6 Å². The van der Waals surface area contributed by atoms with Gasteiger partial charge in [0.2, 0.25) is 5.91 Å². The van der Waals surface area contributed by atoms with Crippen LogP contribution in [-0.2, 0) is 4.79 Å². The molecule has 0 radical (unpaired) electrons. The molecule has 1 aliphatic rings. The smallest absolute Gasteiger partial charge is 0.239 e. The van der Waals surface area contributed by atoms with Crippen molar-refractivity contribution in [3.63, 3.8) is 0 Å². The second-order valence-electron chi connectivity index (χ2n) is 4.72. The highest BCUT2D eigenvalue weighted by Crippen LogP contribution is 2.10. The van der Waals surface area contributed by atoms with Crippen LogP contribution in [0.2, 0.25) is 0 Å². The van der Waals surface area contributed by atoms with Gasteiger partial charge in [0.15, 0.2) is 0 Å². The maximum atomic E-state index is 12.1. The fraction of sp³-hybridized carbons (Fsp3) is 0.769. The van der Waals surface area contributed by atoms with Crippen molar-refractivity contribution >= 4 is 5.91 Å². The molecule has 1 aliphatic heterocycles. The van der Waals surface area contributed by atoms with E-state index in [4.69, 9.17) is 12.2 Å². The minimum Gasteiger partial charge on any atom is -0.339 e. The number of carbonyl (C=O) groups is 1. The monoisotopic (exact) mass is 237 g/mol. The molecule has 2 N–H and O–H groups in total. The molecular formula is C13H23N3O. The largest absolute Gasteiger partial charge is 0.339 e. The molecule has 17 heavy (non-hydrogen) atoms. The van der Waals surface area contributed by atoms with Crippen LogP contribution >= 0.6 is 0 Å². The number of nitrogens with two attached hydrogens (primary N) is 1. The van der Waals surface area contributed by atoms with Gasteiger partial charge in [0.25, 0.3) is 0 Å². The van der Waals surface area contributed by atoms with Crippen molar-refractivity contribution < 1.29 is 4.79 Å². The highest BCUT2D eigenvalue weighted by molar-refractivity contribution is 5.82. The fourth-order valence-electron chi connectivity index (χ4n) is 1.96. The number of nitrogens with zero attached hydrogens (tertiary/aromatic N) is 2. The number of piperazine rings is 1. The average Bonchev–Trinajstić information content (AvgIpc) is 2.37. The number of rotatable bonds is 4. The van der Waals surface area contributed by atoms with Gasteiger partial charge in [-0.25, -0.2) is 0 Å². The van der Waals surface area contributed by atoms with Crippen molar-refractivity contribution in [2.45, 2.75) is 26.3 Å². The molecule has 0 spiro atoms. The van der Waals surface area contributed by atoms with Crippen LogP contribution in [0, 0.1) is 18.3 Å². The van der Waals surface area contributed by atoms with Crippen LogP contribution in [-0.4, -0.2) is 54.5 Å². The first-order valence-corrected chi connectivity index (χ1v) is 6.30. The van der Waals surface area contributed by atoms with E-state index in [1.165, 1.54) is 0 Å². The van der Waals surface area contributed by atoms with Crippen molar-refractivity contribution in [3.05, 3.63) is 0 Å². The third-order valence-electron chi connectivity index (χ3n) is 3.54. The second-order valence-corrected chi connectivity index (χ2v) is 4.72. The van der Waals surface area contributed by atoms with Gasteiger partial charge < -0.3 is 10.6 Å². The molecule has 0 aliphatic carbocycles. The molecule has 1 fully saturated rings. The van der Waals surface area contributed by atoms with Gasteiger partial charge in [-0.15, -0.1) is 6.42 Å². The van der Waals surface area contributed by atoms with E-state index in [9.17, 15) is 4.79 Å². The van der Waals surface area contributed by atoms with Gasteiger partial charge in [-0.2, -0.15) is 0 Å². The highest BCUT2D eigenvalue weighted by Gasteiger charge is 2.27. The molecule has 0 aromatic carbocycles. The lowest BCUT2D eigenvalue weighted by Gasteiger charge is -2.35. The van der Waals surface area contributed by atoms with Crippen molar-refractivity contribution in [3.8, 4) is 12.3 Å². The zero-order valence-corrected chi connectivity index (χ0v) is 10.9. The third kappa shape index (κ3) is 3.72. The van der Waals surface area contributed by atoms with Crippen LogP contribution in [0.3, 0.4) is 0 Å². The molecular weight excluding hydrogens is 214 g/mol. The lowest BCUT2D eigenvalue weighted by molar-refractivity contribution is -0.135. The van der Waals surface area contributed by atoms with Gasteiger partial charge in [0.1, 0.15) is 0 Å². The van der Waals surface area contributed by atoms with E-state index in [2.05, 4.69) is 17.7 Å². The molecule has 4 heteroatoms. The lowest BCUT2D eigenvalue weighted by atomic mass is 9.98. The Kier molecular flexibility index (Phi) is 5.46. The van der Waals surface area contributed by atoms with Crippen LogP contribution < -0.4 is 5.73 Å². The summed E-state index contributed by atoms with van der Waals surface area (Å²) in [5.41, 5.74) is 5.96. The molecule has 1 heterocycles. The number of amides is 1. The van der Waals surface area contributed by atoms with E-state index in [0.717, 1.165) is 32.6 Å². The van der Waals surface area contributed by atoms with E-state index < -0.39 is 0 Å². The van der Waals surface area contributed by atoms with E-state index in [1.807, 2.05) is 11.8 Å². The number of carbonyl (C=O) groups excluding carboxylic acids is 1. The Morgan fingerprint density at radius 1 is 1.41 bits per heavy atom. The zero-order valence-electron chi connectivity index (χ0n) is 10.9. The van der Waals surface area contributed by atoms with Gasteiger partial charge in [0.05, 0.1) is 12.6 Å². The number of hydrogen-bond acceptors (Lipinski definition) is 3. The van der Waals surface area contributed by atoms with Crippen molar-refractivity contribution in [2.75, 3.05) is 32.7 Å². The van der Waals surface area contributed by atoms with E-state index >= 15 is 0 Å². The molecule has 0 saturated carbocycles. The summed E-state index contributed by atoms with van der Waals surface area (Å²) in [4.78, 5) is 16.1. The average molecular weight is 237 g/mol. The Morgan fingerprint density at radius 2 is 2.00 bits per heavy atom. The minimum atomic E-state index is -0.362. The SMILES string of the molecule is C#CCN1CCN(C(=O)[C@@H](N)C(C)CC)CC1. The second kappa shape index (κ2) is 6.63. The molecule has 96 valence electrons. The molecule has 4 nitrogen and oxygen atoms in total. The van der Waals surface area contributed by atoms with Gasteiger partial charge in [-0.05, 0) is 5.92 Å². The molecule has 2 atom stereocenters. The zero-order chi connectivity index (χ0) is 12.8. The highest BCUT2D eigenvalue weighted by atomic mass is 16.2. The summed E-state index contributed by atoms with van der Waals surface area (Å²) in [5.74, 6) is 2.95. The normalized spacial score (nSPS) is 20.7. The van der Waals surface area contributed by atoms with Crippen molar-refractivity contribution in [1.82, 2.24) is 9.80 Å². The summed E-state index contributed by atoms with van der Waals surface area (Å²) < 4.78 is 0. The van der Waals surface area contributed by atoms with Crippen LogP contribution in [0.25, 0.3) is 0 Å². The van der Waals surface area contributed by atoms with Crippen LogP contribution in [0.5, 0.6) is 0 Å². The van der Waals surface area contributed by atoms with Crippen molar-refractivity contribution in [2.24, 2.45) is 11.7 Å². The molecule has 1 unspecified atom stereocenters. The first-order chi connectivity index (χ1) is 8.10. The van der Waals surface area contributed by atoms with Gasteiger partial charge in [0, 0.05) is 26.2 Å². The maximum absolute atomic E-state index is 12.1. The van der Waals surface area contributed by atoms with Gasteiger partial charge in [-0.3, -0.25) is 9.69 Å². The molecule has 0 bridgehead atoms. The van der Waals surface area contributed by atoms with E-state index in [-0.39, 0.29) is 17.9 Å². The Labute approximate surface area is 104 Å². The molecule has 1 saturated heterocycles. The molecule has 0 aromatic rings. The summed E-state index contributed by atoms with van der Waals surface area (Å²) in [7, 11) is 0. The van der Waals surface area contributed by atoms with Crippen molar-refractivity contribution in [1.29, 1.82) is 0 Å². The standard InChI is InChI=1S/C13H23N3O/c1-4-6-15-7-9-16(10-8-15)13(17)12(14)11(3)5-2/h1,11-12H,5-10,14H2,2-3H3/t11?,12-/m0/s1. The Balaban J connectivity index is 2.43. The Morgan fingerprint density at radius 3 is 2.47 bits per heavy atom. The summed E-state index contributed by atoms with van der Waals surface area (Å²) >= 11 is 0. The van der Waals surface area contributed by atoms with E-state index in [1.54, 1.807) is 0 Å². The quantitative estimate of drug-likeness (QED) is 0.708. The maximum Gasteiger partial charge on any atom is 0.239 e. The molecule has 0 aromatic heterocycles. The summed E-state index contributed by atoms with van der Waals surface area (Å²) in [6, 6.07) is -0.362. The molecule has 1 rings (SSSR count). The van der Waals surface area contributed by atoms with Gasteiger partial charge in [-0.1, -0.05) is 26.2 Å². The Hall–Kier alpha value is -1.05. The van der Waals surface area contributed by atoms with E-state index in [0.29, 0.717) is 6.54 Å². The Bertz CT molecular complexity index is 290. The lowest BCUT2D eigenvalue weighted by Crippen LogP contribution is -2.54. The van der Waals surface area contributed by atoms with Crippen LogP contribution in [0.1, 0.15) is 20.3 Å². The first-order valence-electron chi connectivity index (χ1n) is 6.30. The number of terminal acetylenes is 1. The van der Waals surface area contributed by atoms with Gasteiger partial charge >= 0.3 is 0 Å². The minimum absolute atomic E-state index is 0.0831.